The first-order valence-electron chi connectivity index (χ1n) is 9.41. The Hall–Kier alpha value is -3.85. The van der Waals surface area contributed by atoms with Crippen molar-refractivity contribution in [2.45, 2.75) is 16.7 Å². The minimum atomic E-state index is -4.78. The molecule has 12 nitrogen and oxygen atoms in total. The first kappa shape index (κ1) is 23.3. The number of para-hydroxylation sites is 1. The maximum Gasteiger partial charge on any atom is 0.299 e. The van der Waals surface area contributed by atoms with Crippen LogP contribution in [-0.4, -0.2) is 40.8 Å². The first-order chi connectivity index (χ1) is 15.9. The Morgan fingerprint density at radius 1 is 0.882 bits per heavy atom. The van der Waals surface area contributed by atoms with E-state index in [9.17, 15) is 35.8 Å². The summed E-state index contributed by atoms with van der Waals surface area (Å²) in [7, 11) is -9.52. The van der Waals surface area contributed by atoms with Crippen molar-refractivity contribution in [3.63, 3.8) is 0 Å². The van der Waals surface area contributed by atoms with Crippen molar-refractivity contribution < 1.29 is 31.0 Å². The summed E-state index contributed by atoms with van der Waals surface area (Å²) >= 11 is 0. The molecule has 4 rings (SSSR count). The molecule has 0 aliphatic heterocycles. The molecule has 0 radical (unpaired) electrons. The number of phenols is 1. The van der Waals surface area contributed by atoms with E-state index in [1.165, 1.54) is 4.68 Å². The van der Waals surface area contributed by atoms with Crippen LogP contribution in [0.1, 0.15) is 5.69 Å². The molecule has 1 aromatic heterocycles. The highest BCUT2D eigenvalue weighted by Crippen LogP contribution is 2.38. The van der Waals surface area contributed by atoms with Gasteiger partial charge in [-0.15, -0.1) is 10.2 Å². The van der Waals surface area contributed by atoms with Gasteiger partial charge in [0, 0.05) is 6.07 Å². The zero-order valence-electron chi connectivity index (χ0n) is 17.2. The molecule has 4 aromatic rings. The van der Waals surface area contributed by atoms with Crippen molar-refractivity contribution in [1.82, 2.24) is 9.78 Å². The molecule has 0 bridgehead atoms. The van der Waals surface area contributed by atoms with Crippen LogP contribution in [0.3, 0.4) is 0 Å². The van der Waals surface area contributed by atoms with Gasteiger partial charge in [0.25, 0.3) is 25.8 Å². The molecule has 0 aliphatic carbocycles. The molecule has 34 heavy (non-hydrogen) atoms. The summed E-state index contributed by atoms with van der Waals surface area (Å²) in [5.41, 5.74) is -0.0726. The molecule has 0 amide bonds. The van der Waals surface area contributed by atoms with Crippen LogP contribution in [0, 0.1) is 6.92 Å². The summed E-state index contributed by atoms with van der Waals surface area (Å²) in [6, 6.07) is 12.0. The van der Waals surface area contributed by atoms with E-state index >= 15 is 0 Å². The largest absolute Gasteiger partial charge is 0.507 e. The second-order valence-electron chi connectivity index (χ2n) is 7.19. The number of hydrogen-bond donors (Lipinski definition) is 4. The Balaban J connectivity index is 1.93. The van der Waals surface area contributed by atoms with Crippen LogP contribution < -0.4 is 5.56 Å². The zero-order chi connectivity index (χ0) is 24.8. The monoisotopic (exact) mass is 504 g/mol. The standard InChI is InChI=1S/C20H16N4O8S2/c1-11-19(20(26)24(23-11)13-5-3-2-4-6-13)22-21-16-9-14(33(27,28)29)7-12-8-15(34(30,31)32)10-17(25)18(12)16/h2-10,23,25H,1H3,(H,27,28,29)(H,30,31,32). The molecule has 14 heteroatoms. The van der Waals surface area contributed by atoms with Gasteiger partial charge < -0.3 is 5.11 Å². The summed E-state index contributed by atoms with van der Waals surface area (Å²) in [6.45, 7) is 1.57. The molecule has 0 saturated carbocycles. The number of benzene rings is 3. The van der Waals surface area contributed by atoms with Crippen molar-refractivity contribution in [2.75, 3.05) is 0 Å². The van der Waals surface area contributed by atoms with E-state index in [1.807, 2.05) is 0 Å². The van der Waals surface area contributed by atoms with E-state index in [-0.39, 0.29) is 22.1 Å². The summed E-state index contributed by atoms with van der Waals surface area (Å²) in [4.78, 5) is 11.4. The highest BCUT2D eigenvalue weighted by Gasteiger charge is 2.20. The minimum absolute atomic E-state index is 0.108. The Kier molecular flexibility index (Phi) is 5.61. The van der Waals surface area contributed by atoms with Gasteiger partial charge in [0.1, 0.15) is 5.75 Å². The Labute approximate surface area is 192 Å². The van der Waals surface area contributed by atoms with Crippen LogP contribution in [0.4, 0.5) is 11.4 Å². The smallest absolute Gasteiger partial charge is 0.299 e. The number of phenolic OH excluding ortho intramolecular Hbond substituents is 1. The topological polar surface area (TPSA) is 191 Å². The van der Waals surface area contributed by atoms with Gasteiger partial charge in [-0.2, -0.15) is 16.8 Å². The minimum Gasteiger partial charge on any atom is -0.507 e. The lowest BCUT2D eigenvalue weighted by Crippen LogP contribution is -2.13. The van der Waals surface area contributed by atoms with Crippen LogP contribution in [0.2, 0.25) is 0 Å². The Morgan fingerprint density at radius 3 is 2.06 bits per heavy atom. The predicted octanol–water partition coefficient (Wildman–Crippen LogP) is 3.24. The lowest BCUT2D eigenvalue weighted by atomic mass is 10.1. The van der Waals surface area contributed by atoms with Gasteiger partial charge in [0.15, 0.2) is 5.69 Å². The molecule has 0 spiro atoms. The fourth-order valence-corrected chi connectivity index (χ4v) is 4.38. The van der Waals surface area contributed by atoms with Gasteiger partial charge in [-0.25, -0.2) is 4.68 Å². The van der Waals surface area contributed by atoms with E-state index < -0.39 is 41.3 Å². The lowest BCUT2D eigenvalue weighted by Gasteiger charge is -2.08. The van der Waals surface area contributed by atoms with Crippen molar-refractivity contribution >= 4 is 42.4 Å². The Bertz CT molecular complexity index is 1730. The van der Waals surface area contributed by atoms with E-state index in [0.29, 0.717) is 11.4 Å². The molecule has 176 valence electrons. The van der Waals surface area contributed by atoms with Crippen LogP contribution >= 0.6 is 0 Å². The molecule has 0 unspecified atom stereocenters. The third kappa shape index (κ3) is 4.34. The van der Waals surface area contributed by atoms with Crippen LogP contribution in [0.5, 0.6) is 5.75 Å². The molecule has 0 saturated heterocycles. The van der Waals surface area contributed by atoms with Crippen molar-refractivity contribution in [1.29, 1.82) is 0 Å². The predicted molar refractivity (Wildman–Crippen MR) is 121 cm³/mol. The van der Waals surface area contributed by atoms with Gasteiger partial charge in [-0.3, -0.25) is 19.0 Å². The summed E-state index contributed by atoms with van der Waals surface area (Å²) in [5, 5.41) is 20.7. The maximum atomic E-state index is 12.8. The van der Waals surface area contributed by atoms with E-state index in [1.54, 1.807) is 37.3 Å². The molecular formula is C20H16N4O8S2. The highest BCUT2D eigenvalue weighted by molar-refractivity contribution is 7.86. The number of H-pyrrole nitrogens is 1. The zero-order valence-corrected chi connectivity index (χ0v) is 18.9. The number of fused-ring (bicyclic) bond motifs is 1. The highest BCUT2D eigenvalue weighted by atomic mass is 32.2. The summed E-state index contributed by atoms with van der Waals surface area (Å²) < 4.78 is 66.5. The van der Waals surface area contributed by atoms with Crippen molar-refractivity contribution in [2.24, 2.45) is 10.2 Å². The van der Waals surface area contributed by atoms with Crippen molar-refractivity contribution in [3.05, 3.63) is 70.6 Å². The SMILES string of the molecule is Cc1[nH]n(-c2ccccc2)c(=O)c1N=Nc1cc(S(=O)(=O)O)cc2cc(S(=O)(=O)O)cc(O)c12. The van der Waals surface area contributed by atoms with Gasteiger partial charge in [0.2, 0.25) is 0 Å². The molecular weight excluding hydrogens is 488 g/mol. The van der Waals surface area contributed by atoms with E-state index in [2.05, 4.69) is 15.3 Å². The quantitative estimate of drug-likeness (QED) is 0.235. The molecule has 0 atom stereocenters. The Morgan fingerprint density at radius 2 is 1.47 bits per heavy atom. The third-order valence-corrected chi connectivity index (χ3v) is 6.53. The van der Waals surface area contributed by atoms with Crippen LogP contribution in [0.25, 0.3) is 16.5 Å². The fraction of sp³-hybridized carbons (Fsp3) is 0.0500. The van der Waals surface area contributed by atoms with Gasteiger partial charge >= 0.3 is 0 Å². The van der Waals surface area contributed by atoms with Crippen LogP contribution in [0.15, 0.2) is 79.4 Å². The number of aromatic nitrogens is 2. The molecule has 0 aliphatic rings. The molecule has 1 heterocycles. The third-order valence-electron chi connectivity index (χ3n) is 4.86. The lowest BCUT2D eigenvalue weighted by molar-refractivity contribution is 0.471. The number of azo groups is 1. The first-order valence-corrected chi connectivity index (χ1v) is 12.3. The van der Waals surface area contributed by atoms with Crippen molar-refractivity contribution in [3.8, 4) is 11.4 Å². The second kappa shape index (κ2) is 8.18. The second-order valence-corrected chi connectivity index (χ2v) is 10.0. The normalized spacial score (nSPS) is 12.6. The number of rotatable bonds is 5. The number of nitrogens with one attached hydrogen (secondary N) is 1. The number of aryl methyl sites for hydroxylation is 1. The van der Waals surface area contributed by atoms with Crippen LogP contribution in [-0.2, 0) is 20.2 Å². The number of hydrogen-bond acceptors (Lipinski definition) is 8. The number of aromatic amines is 1. The van der Waals surface area contributed by atoms with Gasteiger partial charge in [-0.05, 0) is 42.6 Å². The fourth-order valence-electron chi connectivity index (χ4n) is 3.31. The van der Waals surface area contributed by atoms with Gasteiger partial charge in [-0.1, -0.05) is 18.2 Å². The average Bonchev–Trinajstić information content (AvgIpc) is 3.04. The molecule has 4 N–H and O–H groups in total. The summed E-state index contributed by atoms with van der Waals surface area (Å²) in [5.74, 6) is -0.659. The number of aromatic hydroxyl groups is 1. The molecule has 0 fully saturated rings. The molecule has 3 aromatic carbocycles. The van der Waals surface area contributed by atoms with E-state index in [0.717, 1.165) is 24.3 Å². The number of nitrogens with zero attached hydrogens (tertiary/aromatic N) is 3. The van der Waals surface area contributed by atoms with Gasteiger partial charge in [0.05, 0.1) is 32.2 Å². The maximum absolute atomic E-state index is 12.8. The summed E-state index contributed by atoms with van der Waals surface area (Å²) in [6.07, 6.45) is 0. The average molecular weight is 505 g/mol. The van der Waals surface area contributed by atoms with E-state index in [4.69, 9.17) is 0 Å².